The predicted octanol–water partition coefficient (Wildman–Crippen LogP) is 2.15. The fraction of sp³-hybridized carbons (Fsp3) is 0.294. The van der Waals surface area contributed by atoms with Crippen LogP contribution in [0.5, 0.6) is 0 Å². The zero-order valence-electron chi connectivity index (χ0n) is 12.8. The number of hydrogen-bond acceptors (Lipinski definition) is 4. The van der Waals surface area contributed by atoms with Crippen molar-refractivity contribution in [2.45, 2.75) is 6.42 Å². The fourth-order valence-corrected chi connectivity index (χ4v) is 3.25. The van der Waals surface area contributed by atoms with Crippen molar-refractivity contribution in [2.75, 3.05) is 13.1 Å². The largest absolute Gasteiger partial charge is 0.481 e. The number of carboxylic acid groups (broad SMARTS) is 1. The Morgan fingerprint density at radius 3 is 2.67 bits per heavy atom. The molecule has 6 nitrogen and oxygen atoms in total. The normalized spacial score (nSPS) is 20.1. The van der Waals surface area contributed by atoms with Gasteiger partial charge in [-0.15, -0.1) is 0 Å². The van der Waals surface area contributed by atoms with Gasteiger partial charge < -0.3 is 10.0 Å². The van der Waals surface area contributed by atoms with E-state index in [0.717, 1.165) is 5.56 Å². The van der Waals surface area contributed by atoms with E-state index in [2.05, 4.69) is 9.97 Å². The van der Waals surface area contributed by atoms with Gasteiger partial charge in [-0.3, -0.25) is 9.59 Å². The molecule has 2 atom stereocenters. The van der Waals surface area contributed by atoms with Gasteiger partial charge >= 0.3 is 5.97 Å². The summed E-state index contributed by atoms with van der Waals surface area (Å²) in [5, 5.41) is 9.66. The summed E-state index contributed by atoms with van der Waals surface area (Å²) in [7, 11) is 0. The van der Waals surface area contributed by atoms with E-state index in [9.17, 15) is 14.7 Å². The van der Waals surface area contributed by atoms with Crippen LogP contribution >= 0.6 is 11.6 Å². The van der Waals surface area contributed by atoms with Crippen molar-refractivity contribution in [3.8, 4) is 0 Å². The molecule has 0 saturated carbocycles. The SMILES string of the molecule is O=C(O)[C@@H]1CN(C(=O)c2ncncc2Cl)C[C@H]1Cc1ccccc1. The van der Waals surface area contributed by atoms with Crippen LogP contribution in [0.25, 0.3) is 0 Å². The zero-order chi connectivity index (χ0) is 17.1. The van der Waals surface area contributed by atoms with Gasteiger partial charge in [-0.25, -0.2) is 9.97 Å². The molecule has 0 aliphatic carbocycles. The number of benzene rings is 1. The zero-order valence-corrected chi connectivity index (χ0v) is 13.6. The Bertz CT molecular complexity index is 754. The van der Waals surface area contributed by atoms with Crippen LogP contribution in [0, 0.1) is 11.8 Å². The first-order chi connectivity index (χ1) is 11.6. The quantitative estimate of drug-likeness (QED) is 0.917. The van der Waals surface area contributed by atoms with Crippen LogP contribution in [-0.2, 0) is 11.2 Å². The van der Waals surface area contributed by atoms with Gasteiger partial charge in [0.05, 0.1) is 10.9 Å². The second-order valence-corrected chi connectivity index (χ2v) is 6.23. The third-order valence-electron chi connectivity index (χ3n) is 4.26. The van der Waals surface area contributed by atoms with Crippen LogP contribution in [0.1, 0.15) is 16.1 Å². The molecule has 3 rings (SSSR count). The fourth-order valence-electron chi connectivity index (χ4n) is 3.06. The molecule has 1 aliphatic rings. The van der Waals surface area contributed by atoms with E-state index >= 15 is 0 Å². The Morgan fingerprint density at radius 1 is 1.25 bits per heavy atom. The average molecular weight is 346 g/mol. The number of carbonyl (C=O) groups excluding carboxylic acids is 1. The number of halogens is 1. The number of nitrogens with zero attached hydrogens (tertiary/aromatic N) is 3. The Hall–Kier alpha value is -2.47. The molecule has 7 heteroatoms. The second kappa shape index (κ2) is 6.97. The van der Waals surface area contributed by atoms with Crippen molar-refractivity contribution in [3.05, 3.63) is 59.1 Å². The van der Waals surface area contributed by atoms with E-state index < -0.39 is 11.9 Å². The van der Waals surface area contributed by atoms with E-state index in [-0.39, 0.29) is 29.1 Å². The number of carboxylic acids is 1. The molecule has 1 aromatic heterocycles. The Balaban J connectivity index is 1.79. The molecule has 1 fully saturated rings. The molecular weight excluding hydrogens is 330 g/mol. The molecule has 1 aromatic carbocycles. The van der Waals surface area contributed by atoms with Crippen molar-refractivity contribution in [1.82, 2.24) is 14.9 Å². The molecule has 24 heavy (non-hydrogen) atoms. The molecule has 124 valence electrons. The number of amides is 1. The maximum atomic E-state index is 12.6. The molecule has 2 aromatic rings. The summed E-state index contributed by atoms with van der Waals surface area (Å²) < 4.78 is 0. The summed E-state index contributed by atoms with van der Waals surface area (Å²) in [6, 6.07) is 9.68. The van der Waals surface area contributed by atoms with Crippen LogP contribution in [0.15, 0.2) is 42.9 Å². The first kappa shape index (κ1) is 16.4. The monoisotopic (exact) mass is 345 g/mol. The van der Waals surface area contributed by atoms with Gasteiger partial charge in [0.1, 0.15) is 12.0 Å². The Morgan fingerprint density at radius 2 is 2.00 bits per heavy atom. The van der Waals surface area contributed by atoms with Gasteiger partial charge in [-0.1, -0.05) is 41.9 Å². The molecule has 0 bridgehead atoms. The van der Waals surface area contributed by atoms with Gasteiger partial charge in [-0.05, 0) is 17.9 Å². The first-order valence-corrected chi connectivity index (χ1v) is 7.95. The third-order valence-corrected chi connectivity index (χ3v) is 4.53. The molecule has 2 heterocycles. The van der Waals surface area contributed by atoms with Crippen LogP contribution < -0.4 is 0 Å². The average Bonchev–Trinajstić information content (AvgIpc) is 3.00. The number of aromatic nitrogens is 2. The van der Waals surface area contributed by atoms with Crippen LogP contribution in [0.4, 0.5) is 0 Å². The summed E-state index contributed by atoms with van der Waals surface area (Å²) in [5.74, 6) is -1.99. The molecular formula is C17H16ClN3O3. The smallest absolute Gasteiger partial charge is 0.308 e. The maximum absolute atomic E-state index is 12.6. The van der Waals surface area contributed by atoms with E-state index in [1.165, 1.54) is 17.4 Å². The number of carbonyl (C=O) groups is 2. The first-order valence-electron chi connectivity index (χ1n) is 7.57. The minimum atomic E-state index is -0.889. The van der Waals surface area contributed by atoms with Crippen molar-refractivity contribution in [1.29, 1.82) is 0 Å². The lowest BCUT2D eigenvalue weighted by Crippen LogP contribution is -2.30. The number of hydrogen-bond donors (Lipinski definition) is 1. The molecule has 1 N–H and O–H groups in total. The predicted molar refractivity (Wildman–Crippen MR) is 87.7 cm³/mol. The molecule has 0 radical (unpaired) electrons. The standard InChI is InChI=1S/C17H16ClN3O3/c18-14-7-19-10-20-15(14)16(22)21-8-12(13(9-21)17(23)24)6-11-4-2-1-3-5-11/h1-5,7,10,12-13H,6,8-9H2,(H,23,24)/t12-,13-/m1/s1. The van der Waals surface area contributed by atoms with Crippen LogP contribution in [-0.4, -0.2) is 44.9 Å². The summed E-state index contributed by atoms with van der Waals surface area (Å²) in [4.78, 5) is 33.4. The van der Waals surface area contributed by atoms with Crippen molar-refractivity contribution < 1.29 is 14.7 Å². The highest BCUT2D eigenvalue weighted by Gasteiger charge is 2.40. The van der Waals surface area contributed by atoms with E-state index in [1.54, 1.807) is 0 Å². The summed E-state index contributed by atoms with van der Waals surface area (Å²) in [5.41, 5.74) is 1.17. The van der Waals surface area contributed by atoms with Crippen molar-refractivity contribution in [3.63, 3.8) is 0 Å². The van der Waals surface area contributed by atoms with E-state index in [0.29, 0.717) is 13.0 Å². The third kappa shape index (κ3) is 3.38. The number of aliphatic carboxylic acids is 1. The second-order valence-electron chi connectivity index (χ2n) is 5.82. The Kier molecular flexibility index (Phi) is 4.76. The van der Waals surface area contributed by atoms with Gasteiger partial charge in [0.2, 0.25) is 0 Å². The van der Waals surface area contributed by atoms with Gasteiger partial charge in [0.15, 0.2) is 0 Å². The van der Waals surface area contributed by atoms with Crippen LogP contribution in [0.2, 0.25) is 5.02 Å². The molecule has 0 spiro atoms. The van der Waals surface area contributed by atoms with E-state index in [1.807, 2.05) is 30.3 Å². The molecule has 1 aliphatic heterocycles. The van der Waals surface area contributed by atoms with Gasteiger partial charge in [-0.2, -0.15) is 0 Å². The minimum Gasteiger partial charge on any atom is -0.481 e. The highest BCUT2D eigenvalue weighted by Crippen LogP contribution is 2.29. The van der Waals surface area contributed by atoms with Gasteiger partial charge in [0.25, 0.3) is 5.91 Å². The molecule has 1 saturated heterocycles. The van der Waals surface area contributed by atoms with E-state index in [4.69, 9.17) is 11.6 Å². The number of rotatable bonds is 4. The lowest BCUT2D eigenvalue weighted by atomic mass is 9.90. The summed E-state index contributed by atoms with van der Waals surface area (Å²) in [6.07, 6.45) is 3.22. The number of likely N-dealkylation sites (tertiary alicyclic amines) is 1. The van der Waals surface area contributed by atoms with Crippen LogP contribution in [0.3, 0.4) is 0 Å². The summed E-state index contributed by atoms with van der Waals surface area (Å²) in [6.45, 7) is 0.525. The maximum Gasteiger partial charge on any atom is 0.308 e. The molecule has 0 unspecified atom stereocenters. The molecule has 1 amide bonds. The highest BCUT2D eigenvalue weighted by atomic mass is 35.5. The highest BCUT2D eigenvalue weighted by molar-refractivity contribution is 6.33. The Labute approximate surface area is 144 Å². The minimum absolute atomic E-state index is 0.108. The lowest BCUT2D eigenvalue weighted by Gasteiger charge is -2.16. The van der Waals surface area contributed by atoms with Gasteiger partial charge in [0, 0.05) is 19.3 Å². The summed E-state index contributed by atoms with van der Waals surface area (Å²) >= 11 is 5.97. The van der Waals surface area contributed by atoms with Crippen molar-refractivity contribution in [2.24, 2.45) is 11.8 Å². The van der Waals surface area contributed by atoms with Crippen molar-refractivity contribution >= 4 is 23.5 Å². The lowest BCUT2D eigenvalue weighted by molar-refractivity contribution is -0.142. The topological polar surface area (TPSA) is 83.4 Å².